The molecule has 0 spiro atoms. The van der Waals surface area contributed by atoms with Crippen LogP contribution in [0.1, 0.15) is 19.3 Å². The van der Waals surface area contributed by atoms with Gasteiger partial charge in [0.25, 0.3) is 0 Å². The first-order valence-electron chi connectivity index (χ1n) is 2.87. The van der Waals surface area contributed by atoms with Crippen molar-refractivity contribution in [2.24, 2.45) is 0 Å². The second-order valence-electron chi connectivity index (χ2n) is 1.88. The maximum Gasteiger partial charge on any atom is 1.00 e. The molecular formula is C5H8NNaO3S. The van der Waals surface area contributed by atoms with Crippen LogP contribution in [0.2, 0.25) is 0 Å². The summed E-state index contributed by atoms with van der Waals surface area (Å²) in [4.78, 5) is 0. The predicted molar refractivity (Wildman–Crippen MR) is 34.0 cm³/mol. The number of unbranched alkanes of at least 4 members (excludes halogenated alkanes) is 2. The average Bonchev–Trinajstić information content (AvgIpc) is 1.78. The van der Waals surface area contributed by atoms with Gasteiger partial charge in [0.15, 0.2) is 0 Å². The molecule has 0 saturated heterocycles. The van der Waals surface area contributed by atoms with Crippen LogP contribution in [0.3, 0.4) is 0 Å². The van der Waals surface area contributed by atoms with Gasteiger partial charge in [0.1, 0.15) is 0 Å². The molecule has 4 nitrogen and oxygen atoms in total. The summed E-state index contributed by atoms with van der Waals surface area (Å²) < 4.78 is 29.9. The molecule has 0 rings (SSSR count). The molecule has 0 aliphatic heterocycles. The fourth-order valence-corrected chi connectivity index (χ4v) is 1.04. The first kappa shape index (κ1) is 14.0. The summed E-state index contributed by atoms with van der Waals surface area (Å²) in [5.74, 6) is -0.353. The van der Waals surface area contributed by atoms with Crippen LogP contribution in [0.5, 0.6) is 0 Å². The molecule has 0 aromatic rings. The largest absolute Gasteiger partial charge is 1.00 e. The van der Waals surface area contributed by atoms with Crippen molar-refractivity contribution in [3.8, 4) is 6.07 Å². The Kier molecular flexibility index (Phi) is 8.97. The molecule has 0 aliphatic carbocycles. The van der Waals surface area contributed by atoms with Gasteiger partial charge < -0.3 is 4.55 Å². The number of hydrogen-bond donors (Lipinski definition) is 0. The van der Waals surface area contributed by atoms with Gasteiger partial charge in [0, 0.05) is 12.2 Å². The van der Waals surface area contributed by atoms with E-state index in [0.29, 0.717) is 19.3 Å². The molecule has 11 heavy (non-hydrogen) atoms. The minimum Gasteiger partial charge on any atom is -0.748 e. The van der Waals surface area contributed by atoms with E-state index in [4.69, 9.17) is 5.26 Å². The van der Waals surface area contributed by atoms with Crippen LogP contribution in [0.25, 0.3) is 0 Å². The molecule has 58 valence electrons. The van der Waals surface area contributed by atoms with Gasteiger partial charge >= 0.3 is 29.6 Å². The Bertz CT molecular complexity index is 218. The zero-order chi connectivity index (χ0) is 8.04. The number of rotatable bonds is 4. The van der Waals surface area contributed by atoms with Gasteiger partial charge in [-0.2, -0.15) is 5.26 Å². The number of nitrogens with zero attached hydrogens (tertiary/aromatic N) is 1. The van der Waals surface area contributed by atoms with Crippen LogP contribution in [0, 0.1) is 11.3 Å². The Labute approximate surface area is 88.6 Å². The standard InChI is InChI=1S/C5H9NO3S.Na/c6-4-2-1-3-5-10(7,8)9;/h1-3,5H2,(H,7,8,9);/q;+1/p-1. The van der Waals surface area contributed by atoms with Crippen LogP contribution in [-0.2, 0) is 10.1 Å². The van der Waals surface area contributed by atoms with Crippen molar-refractivity contribution in [3.05, 3.63) is 0 Å². The predicted octanol–water partition coefficient (Wildman–Crippen LogP) is -2.77. The van der Waals surface area contributed by atoms with Gasteiger partial charge in [-0.15, -0.1) is 0 Å². The Balaban J connectivity index is 0. The third-order valence-electron chi connectivity index (χ3n) is 0.933. The van der Waals surface area contributed by atoms with Gasteiger partial charge in [-0.25, -0.2) is 8.42 Å². The Morgan fingerprint density at radius 2 is 1.91 bits per heavy atom. The van der Waals surface area contributed by atoms with Gasteiger partial charge in [-0.05, 0) is 12.8 Å². The Hall–Kier alpha value is 0.400. The molecule has 0 heterocycles. The minimum absolute atomic E-state index is 0. The maximum atomic E-state index is 9.96. The van der Waals surface area contributed by atoms with Crippen LogP contribution in [-0.4, -0.2) is 18.7 Å². The van der Waals surface area contributed by atoms with E-state index in [1.165, 1.54) is 0 Å². The fraction of sp³-hybridized carbons (Fsp3) is 0.800. The van der Waals surface area contributed by atoms with Crippen molar-refractivity contribution in [1.82, 2.24) is 0 Å². The summed E-state index contributed by atoms with van der Waals surface area (Å²) in [6.07, 6.45) is 1.09. The van der Waals surface area contributed by atoms with Crippen molar-refractivity contribution in [2.45, 2.75) is 19.3 Å². The molecule has 0 unspecified atom stereocenters. The van der Waals surface area contributed by atoms with Crippen LogP contribution in [0.4, 0.5) is 0 Å². The molecule has 0 aromatic heterocycles. The summed E-state index contributed by atoms with van der Waals surface area (Å²) in [5, 5.41) is 8.02. The van der Waals surface area contributed by atoms with E-state index in [-0.39, 0.29) is 35.3 Å². The van der Waals surface area contributed by atoms with Crippen molar-refractivity contribution in [1.29, 1.82) is 5.26 Å². The van der Waals surface area contributed by atoms with Crippen molar-refractivity contribution >= 4 is 10.1 Å². The summed E-state index contributed by atoms with van der Waals surface area (Å²) in [5.41, 5.74) is 0. The van der Waals surface area contributed by atoms with Crippen molar-refractivity contribution in [3.63, 3.8) is 0 Å². The Morgan fingerprint density at radius 1 is 1.36 bits per heavy atom. The third kappa shape index (κ3) is 13.4. The summed E-state index contributed by atoms with van der Waals surface area (Å²) in [7, 11) is -4.06. The van der Waals surface area contributed by atoms with E-state index in [0.717, 1.165) is 0 Å². The van der Waals surface area contributed by atoms with Gasteiger partial charge in [0.2, 0.25) is 0 Å². The van der Waals surface area contributed by atoms with Crippen molar-refractivity contribution < 1.29 is 42.5 Å². The molecular weight excluding hydrogens is 177 g/mol. The number of nitriles is 1. The summed E-state index contributed by atoms with van der Waals surface area (Å²) in [6, 6.07) is 1.86. The quantitative estimate of drug-likeness (QED) is 0.270. The smallest absolute Gasteiger partial charge is 0.748 e. The van der Waals surface area contributed by atoms with E-state index in [1.54, 1.807) is 0 Å². The summed E-state index contributed by atoms with van der Waals surface area (Å²) >= 11 is 0. The molecule has 6 heteroatoms. The Morgan fingerprint density at radius 3 is 2.27 bits per heavy atom. The molecule has 0 fully saturated rings. The second-order valence-corrected chi connectivity index (χ2v) is 3.40. The van der Waals surface area contributed by atoms with Gasteiger partial charge in [0.05, 0.1) is 16.2 Å². The molecule has 0 N–H and O–H groups in total. The fourth-order valence-electron chi connectivity index (χ4n) is 0.483. The number of hydrogen-bond acceptors (Lipinski definition) is 4. The molecule has 0 radical (unpaired) electrons. The summed E-state index contributed by atoms with van der Waals surface area (Å²) in [6.45, 7) is 0. The van der Waals surface area contributed by atoms with E-state index < -0.39 is 10.1 Å². The van der Waals surface area contributed by atoms with E-state index in [1.807, 2.05) is 6.07 Å². The van der Waals surface area contributed by atoms with E-state index in [2.05, 4.69) is 0 Å². The molecule has 0 amide bonds. The van der Waals surface area contributed by atoms with Gasteiger partial charge in [-0.1, -0.05) is 0 Å². The first-order chi connectivity index (χ1) is 4.56. The molecule has 0 aliphatic rings. The molecule has 0 bridgehead atoms. The first-order valence-corrected chi connectivity index (χ1v) is 4.44. The van der Waals surface area contributed by atoms with E-state index in [9.17, 15) is 13.0 Å². The van der Waals surface area contributed by atoms with E-state index >= 15 is 0 Å². The SMILES string of the molecule is N#CCCCCS(=O)(=O)[O-].[Na+]. The molecule has 0 aromatic carbocycles. The van der Waals surface area contributed by atoms with Gasteiger partial charge in [-0.3, -0.25) is 0 Å². The van der Waals surface area contributed by atoms with Crippen LogP contribution in [0.15, 0.2) is 0 Å². The minimum atomic E-state index is -4.06. The van der Waals surface area contributed by atoms with Crippen LogP contribution >= 0.6 is 0 Å². The third-order valence-corrected chi connectivity index (χ3v) is 1.72. The second kappa shape index (κ2) is 7.07. The normalized spacial score (nSPS) is 9.82. The zero-order valence-electron chi connectivity index (χ0n) is 6.41. The zero-order valence-corrected chi connectivity index (χ0v) is 9.23. The monoisotopic (exact) mass is 185 g/mol. The maximum absolute atomic E-state index is 9.96. The van der Waals surface area contributed by atoms with Crippen LogP contribution < -0.4 is 29.6 Å². The topological polar surface area (TPSA) is 81.0 Å². The molecule has 0 saturated carbocycles. The average molecular weight is 185 g/mol. The molecule has 0 atom stereocenters. The van der Waals surface area contributed by atoms with Crippen molar-refractivity contribution in [2.75, 3.05) is 5.75 Å².